The maximum atomic E-state index is 13.3. The molecule has 3 aromatic rings. The van der Waals surface area contributed by atoms with Crippen molar-refractivity contribution in [3.63, 3.8) is 0 Å². The minimum atomic E-state index is -0.273. The van der Waals surface area contributed by atoms with Crippen LogP contribution < -0.4 is 4.74 Å². The van der Waals surface area contributed by atoms with Crippen molar-refractivity contribution in [1.29, 1.82) is 0 Å². The molecule has 34 heavy (non-hydrogen) atoms. The molecule has 2 heterocycles. The topological polar surface area (TPSA) is 51.7 Å². The Labute approximate surface area is 200 Å². The molecule has 0 aliphatic carbocycles. The number of halogens is 1. The van der Waals surface area contributed by atoms with E-state index in [2.05, 4.69) is 9.88 Å². The van der Waals surface area contributed by atoms with Gasteiger partial charge in [0, 0.05) is 49.9 Å². The molecule has 6 heteroatoms. The van der Waals surface area contributed by atoms with Crippen molar-refractivity contribution in [2.45, 2.75) is 25.7 Å². The summed E-state index contributed by atoms with van der Waals surface area (Å²) in [6.45, 7) is 5.39. The summed E-state index contributed by atoms with van der Waals surface area (Å²) in [6.07, 6.45) is 3.99. The van der Waals surface area contributed by atoms with Crippen LogP contribution in [-0.2, 0) is 22.4 Å². The van der Waals surface area contributed by atoms with E-state index in [1.165, 1.54) is 12.1 Å². The van der Waals surface area contributed by atoms with Crippen LogP contribution in [0.3, 0.4) is 0 Å². The van der Waals surface area contributed by atoms with Crippen LogP contribution in [0.15, 0.2) is 66.9 Å². The molecule has 0 unspecified atom stereocenters. The van der Waals surface area contributed by atoms with Gasteiger partial charge in [-0.1, -0.05) is 30.3 Å². The van der Waals surface area contributed by atoms with Gasteiger partial charge in [0.05, 0.1) is 19.8 Å². The molecule has 0 amide bonds. The van der Waals surface area contributed by atoms with Gasteiger partial charge in [0.25, 0.3) is 0 Å². The molecule has 1 saturated heterocycles. The van der Waals surface area contributed by atoms with Crippen LogP contribution in [-0.4, -0.2) is 55.1 Å². The fourth-order valence-corrected chi connectivity index (χ4v) is 4.01. The lowest BCUT2D eigenvalue weighted by molar-refractivity contribution is -0.118. The Hall–Kier alpha value is -3.09. The van der Waals surface area contributed by atoms with Crippen LogP contribution in [0.5, 0.6) is 5.75 Å². The van der Waals surface area contributed by atoms with E-state index in [-0.39, 0.29) is 18.0 Å². The number of rotatable bonds is 11. The van der Waals surface area contributed by atoms with Crippen molar-refractivity contribution in [3.05, 3.63) is 83.9 Å². The third-order valence-electron chi connectivity index (χ3n) is 5.96. The molecule has 0 N–H and O–H groups in total. The molecule has 0 saturated carbocycles. The van der Waals surface area contributed by atoms with E-state index in [4.69, 9.17) is 9.47 Å². The summed E-state index contributed by atoms with van der Waals surface area (Å²) in [6, 6.07) is 18.3. The summed E-state index contributed by atoms with van der Waals surface area (Å²) in [7, 11) is 0. The summed E-state index contributed by atoms with van der Waals surface area (Å²) in [5.74, 6) is 0.685. The maximum Gasteiger partial charge on any atom is 0.139 e. The molecule has 1 aliphatic heterocycles. The Balaban J connectivity index is 1.21. The predicted molar refractivity (Wildman–Crippen MR) is 130 cm³/mol. The van der Waals surface area contributed by atoms with Crippen molar-refractivity contribution < 1.29 is 18.7 Å². The summed E-state index contributed by atoms with van der Waals surface area (Å²) in [5.41, 5.74) is 3.63. The van der Waals surface area contributed by atoms with Gasteiger partial charge in [0.2, 0.25) is 0 Å². The molecule has 0 bridgehead atoms. The van der Waals surface area contributed by atoms with Crippen LogP contribution in [0, 0.1) is 5.82 Å². The van der Waals surface area contributed by atoms with Crippen LogP contribution >= 0.6 is 0 Å². The number of aromatic nitrogens is 1. The zero-order valence-electron chi connectivity index (χ0n) is 19.4. The first-order valence-electron chi connectivity index (χ1n) is 11.9. The molecule has 1 aromatic heterocycles. The smallest absolute Gasteiger partial charge is 0.139 e. The molecule has 178 valence electrons. The lowest BCUT2D eigenvalue weighted by Gasteiger charge is -2.26. The van der Waals surface area contributed by atoms with E-state index < -0.39 is 0 Å². The number of pyridine rings is 1. The molecule has 5 nitrogen and oxygen atoms in total. The average molecular weight is 463 g/mol. The second-order valence-corrected chi connectivity index (χ2v) is 8.56. The van der Waals surface area contributed by atoms with E-state index >= 15 is 0 Å². The number of hydrogen-bond donors (Lipinski definition) is 0. The first-order valence-corrected chi connectivity index (χ1v) is 11.9. The summed E-state index contributed by atoms with van der Waals surface area (Å²) < 4.78 is 24.5. The van der Waals surface area contributed by atoms with Crippen LogP contribution in [0.1, 0.15) is 24.1 Å². The Morgan fingerprint density at radius 1 is 1.03 bits per heavy atom. The van der Waals surface area contributed by atoms with Gasteiger partial charge in [-0.15, -0.1) is 0 Å². The number of hydrogen-bond acceptors (Lipinski definition) is 5. The van der Waals surface area contributed by atoms with Crippen molar-refractivity contribution in [1.82, 2.24) is 9.88 Å². The fourth-order valence-electron chi connectivity index (χ4n) is 4.01. The maximum absolute atomic E-state index is 13.3. The van der Waals surface area contributed by atoms with Crippen LogP contribution in [0.2, 0.25) is 0 Å². The van der Waals surface area contributed by atoms with E-state index in [0.29, 0.717) is 19.4 Å². The number of benzene rings is 2. The largest absolute Gasteiger partial charge is 0.494 e. The number of Topliss-reactive ketones (excluding diaryl/α,β-unsaturated/α-hetero) is 1. The van der Waals surface area contributed by atoms with Gasteiger partial charge >= 0.3 is 0 Å². The standard InChI is InChI=1S/C28H31FN2O3/c29-25-4-1-3-22(19-25)5-10-27(32)20-26-9-6-24(21-30-26)23-7-11-28(12-8-23)34-16-2-13-31-14-17-33-18-15-31/h1,3-4,6-9,11-12,19,21H,2,5,10,13-18,20H2. The Morgan fingerprint density at radius 3 is 2.56 bits per heavy atom. The molecule has 1 fully saturated rings. The van der Waals surface area contributed by atoms with Crippen molar-refractivity contribution in [2.24, 2.45) is 0 Å². The minimum Gasteiger partial charge on any atom is -0.494 e. The number of ether oxygens (including phenoxy) is 2. The summed E-state index contributed by atoms with van der Waals surface area (Å²) in [4.78, 5) is 19.2. The zero-order valence-corrected chi connectivity index (χ0v) is 19.4. The number of morpholine rings is 1. The lowest BCUT2D eigenvalue weighted by Crippen LogP contribution is -2.37. The number of aryl methyl sites for hydroxylation is 1. The predicted octanol–water partition coefficient (Wildman–Crippen LogP) is 4.73. The summed E-state index contributed by atoms with van der Waals surface area (Å²) in [5, 5.41) is 0. The molecular weight excluding hydrogens is 431 g/mol. The number of ketones is 1. The van der Waals surface area contributed by atoms with Crippen molar-refractivity contribution in [2.75, 3.05) is 39.5 Å². The zero-order chi connectivity index (χ0) is 23.6. The molecule has 4 rings (SSSR count). The van der Waals surface area contributed by atoms with Gasteiger partial charge < -0.3 is 9.47 Å². The normalized spacial score (nSPS) is 14.1. The first-order chi connectivity index (χ1) is 16.7. The highest BCUT2D eigenvalue weighted by molar-refractivity contribution is 5.80. The Morgan fingerprint density at radius 2 is 1.82 bits per heavy atom. The first kappa shape index (κ1) is 24.0. The van der Waals surface area contributed by atoms with Crippen molar-refractivity contribution in [3.8, 4) is 16.9 Å². The van der Waals surface area contributed by atoms with Crippen LogP contribution in [0.25, 0.3) is 11.1 Å². The Kier molecular flexibility index (Phi) is 8.77. The van der Waals surface area contributed by atoms with E-state index in [0.717, 1.165) is 67.4 Å². The highest BCUT2D eigenvalue weighted by Crippen LogP contribution is 2.22. The Bertz CT molecular complexity index is 1050. The molecule has 0 spiro atoms. The third kappa shape index (κ3) is 7.47. The quantitative estimate of drug-likeness (QED) is 0.386. The monoisotopic (exact) mass is 462 g/mol. The minimum absolute atomic E-state index is 0.0969. The molecule has 0 radical (unpaired) electrons. The van der Waals surface area contributed by atoms with Gasteiger partial charge in [-0.05, 0) is 54.3 Å². The van der Waals surface area contributed by atoms with Crippen LogP contribution in [0.4, 0.5) is 4.39 Å². The second kappa shape index (κ2) is 12.4. The van der Waals surface area contributed by atoms with Gasteiger partial charge in [-0.3, -0.25) is 14.7 Å². The molecule has 0 atom stereocenters. The molecule has 1 aliphatic rings. The summed E-state index contributed by atoms with van der Waals surface area (Å²) >= 11 is 0. The molecular formula is C28H31FN2O3. The van der Waals surface area contributed by atoms with Gasteiger partial charge in [-0.2, -0.15) is 0 Å². The van der Waals surface area contributed by atoms with Gasteiger partial charge in [-0.25, -0.2) is 4.39 Å². The number of carbonyl (C=O) groups excluding carboxylic acids is 1. The lowest BCUT2D eigenvalue weighted by atomic mass is 10.0. The number of carbonyl (C=O) groups is 1. The SMILES string of the molecule is O=C(CCc1cccc(F)c1)Cc1ccc(-c2ccc(OCCCN3CCOCC3)cc2)cn1. The van der Waals surface area contributed by atoms with Gasteiger partial charge in [0.15, 0.2) is 0 Å². The van der Waals surface area contributed by atoms with E-state index in [9.17, 15) is 9.18 Å². The highest BCUT2D eigenvalue weighted by atomic mass is 19.1. The third-order valence-corrected chi connectivity index (χ3v) is 5.96. The van der Waals surface area contributed by atoms with Crippen molar-refractivity contribution >= 4 is 5.78 Å². The highest BCUT2D eigenvalue weighted by Gasteiger charge is 2.10. The average Bonchev–Trinajstić information content (AvgIpc) is 2.87. The van der Waals surface area contributed by atoms with E-state index in [1.54, 1.807) is 12.3 Å². The van der Waals surface area contributed by atoms with E-state index in [1.807, 2.05) is 42.5 Å². The molecule has 2 aromatic carbocycles. The van der Waals surface area contributed by atoms with Gasteiger partial charge in [0.1, 0.15) is 17.3 Å². The second-order valence-electron chi connectivity index (χ2n) is 8.56. The fraction of sp³-hybridized carbons (Fsp3) is 0.357. The number of nitrogens with zero attached hydrogens (tertiary/aromatic N) is 2.